The lowest BCUT2D eigenvalue weighted by Crippen LogP contribution is -2.11. The van der Waals surface area contributed by atoms with Gasteiger partial charge >= 0.3 is 11.9 Å². The van der Waals surface area contributed by atoms with Crippen molar-refractivity contribution in [2.45, 2.75) is 6.61 Å². The van der Waals surface area contributed by atoms with E-state index in [2.05, 4.69) is 4.74 Å². The fourth-order valence-corrected chi connectivity index (χ4v) is 2.56. The van der Waals surface area contributed by atoms with Gasteiger partial charge in [0.1, 0.15) is 12.4 Å². The van der Waals surface area contributed by atoms with E-state index in [-0.39, 0.29) is 18.1 Å². The van der Waals surface area contributed by atoms with Crippen LogP contribution in [0.2, 0.25) is 0 Å². The SMILES string of the molecule is COC(=O)/C=C/c1ccc(OC(=O)c2occc2COc2ccccc2)c(OC)c1. The van der Waals surface area contributed by atoms with E-state index in [9.17, 15) is 9.59 Å². The van der Waals surface area contributed by atoms with Crippen LogP contribution in [0.3, 0.4) is 0 Å². The lowest BCUT2D eigenvalue weighted by atomic mass is 10.2. The van der Waals surface area contributed by atoms with Gasteiger partial charge in [0.2, 0.25) is 5.76 Å². The molecule has 0 saturated heterocycles. The number of para-hydroxylation sites is 1. The second kappa shape index (κ2) is 9.97. The number of hydrogen-bond donors (Lipinski definition) is 0. The van der Waals surface area contributed by atoms with E-state index in [1.165, 1.54) is 26.6 Å². The summed E-state index contributed by atoms with van der Waals surface area (Å²) >= 11 is 0. The highest BCUT2D eigenvalue weighted by molar-refractivity contribution is 5.90. The van der Waals surface area contributed by atoms with Crippen LogP contribution in [0.4, 0.5) is 0 Å². The minimum absolute atomic E-state index is 0.0441. The van der Waals surface area contributed by atoms with Gasteiger partial charge < -0.3 is 23.4 Å². The van der Waals surface area contributed by atoms with Gasteiger partial charge in [-0.15, -0.1) is 0 Å². The van der Waals surface area contributed by atoms with Crippen molar-refractivity contribution in [3.8, 4) is 17.2 Å². The number of esters is 2. The molecule has 0 N–H and O–H groups in total. The van der Waals surface area contributed by atoms with Crippen molar-refractivity contribution in [2.75, 3.05) is 14.2 Å². The summed E-state index contributed by atoms with van der Waals surface area (Å²) in [6, 6.07) is 15.8. The Labute approximate surface area is 173 Å². The molecule has 0 aliphatic carbocycles. The molecule has 0 spiro atoms. The fourth-order valence-electron chi connectivity index (χ4n) is 2.56. The number of carbonyl (C=O) groups is 2. The molecule has 0 fully saturated rings. The largest absolute Gasteiger partial charge is 0.493 e. The molecule has 30 heavy (non-hydrogen) atoms. The van der Waals surface area contributed by atoms with Gasteiger partial charge in [0.05, 0.1) is 20.5 Å². The molecular weight excluding hydrogens is 388 g/mol. The molecule has 1 heterocycles. The second-order valence-corrected chi connectivity index (χ2v) is 6.03. The van der Waals surface area contributed by atoms with Crippen molar-refractivity contribution in [3.05, 3.63) is 83.8 Å². The molecule has 0 atom stereocenters. The Morgan fingerprint density at radius 3 is 2.53 bits per heavy atom. The lowest BCUT2D eigenvalue weighted by Gasteiger charge is -2.10. The molecule has 0 bridgehead atoms. The van der Waals surface area contributed by atoms with Crippen molar-refractivity contribution in [3.63, 3.8) is 0 Å². The third-order valence-corrected chi connectivity index (χ3v) is 4.07. The number of rotatable bonds is 8. The zero-order valence-corrected chi connectivity index (χ0v) is 16.5. The molecule has 0 radical (unpaired) electrons. The monoisotopic (exact) mass is 408 g/mol. The Balaban J connectivity index is 1.71. The highest BCUT2D eigenvalue weighted by atomic mass is 16.6. The second-order valence-electron chi connectivity index (χ2n) is 6.03. The molecule has 0 saturated carbocycles. The molecule has 7 nitrogen and oxygen atoms in total. The molecule has 0 aliphatic rings. The molecule has 0 amide bonds. The summed E-state index contributed by atoms with van der Waals surface area (Å²) < 4.78 is 26.3. The Kier molecular flexibility index (Phi) is 6.89. The summed E-state index contributed by atoms with van der Waals surface area (Å²) in [6.07, 6.45) is 4.24. The number of ether oxygens (including phenoxy) is 4. The molecule has 3 rings (SSSR count). The summed E-state index contributed by atoms with van der Waals surface area (Å²) in [4.78, 5) is 23.8. The first-order valence-electron chi connectivity index (χ1n) is 9.01. The highest BCUT2D eigenvalue weighted by Crippen LogP contribution is 2.30. The highest BCUT2D eigenvalue weighted by Gasteiger charge is 2.20. The van der Waals surface area contributed by atoms with Gasteiger partial charge in [-0.2, -0.15) is 0 Å². The van der Waals surface area contributed by atoms with Crippen LogP contribution in [-0.4, -0.2) is 26.2 Å². The third kappa shape index (κ3) is 5.29. The van der Waals surface area contributed by atoms with E-state index in [1.54, 1.807) is 30.3 Å². The summed E-state index contributed by atoms with van der Waals surface area (Å²) in [5.74, 6) is 0.0985. The quantitative estimate of drug-likeness (QED) is 0.313. The number of carbonyl (C=O) groups excluding carboxylic acids is 2. The van der Waals surface area contributed by atoms with Crippen LogP contribution in [0.5, 0.6) is 17.2 Å². The van der Waals surface area contributed by atoms with E-state index in [0.717, 1.165) is 0 Å². The van der Waals surface area contributed by atoms with Crippen LogP contribution >= 0.6 is 0 Å². The summed E-state index contributed by atoms with van der Waals surface area (Å²) in [5.41, 5.74) is 1.23. The number of benzene rings is 2. The summed E-state index contributed by atoms with van der Waals surface area (Å²) in [7, 11) is 2.75. The fraction of sp³-hybridized carbons (Fsp3) is 0.130. The van der Waals surface area contributed by atoms with Crippen LogP contribution in [0.25, 0.3) is 6.08 Å². The maximum atomic E-state index is 12.6. The van der Waals surface area contributed by atoms with Crippen LogP contribution in [-0.2, 0) is 16.1 Å². The molecular formula is C23H20O7. The maximum Gasteiger partial charge on any atom is 0.380 e. The topological polar surface area (TPSA) is 84.2 Å². The summed E-state index contributed by atoms with van der Waals surface area (Å²) in [5, 5.41) is 0. The smallest absolute Gasteiger partial charge is 0.380 e. The Hall–Kier alpha value is -4.00. The zero-order valence-electron chi connectivity index (χ0n) is 16.5. The number of furan rings is 1. The number of hydrogen-bond acceptors (Lipinski definition) is 7. The molecule has 2 aromatic carbocycles. The average molecular weight is 408 g/mol. The van der Waals surface area contributed by atoms with Gasteiger partial charge in [-0.05, 0) is 42.0 Å². The van der Waals surface area contributed by atoms with E-state index in [4.69, 9.17) is 18.6 Å². The zero-order chi connectivity index (χ0) is 21.3. The first-order valence-corrected chi connectivity index (χ1v) is 9.01. The predicted molar refractivity (Wildman–Crippen MR) is 108 cm³/mol. The molecule has 7 heteroatoms. The average Bonchev–Trinajstić information content (AvgIpc) is 3.26. The van der Waals surface area contributed by atoms with E-state index >= 15 is 0 Å². The lowest BCUT2D eigenvalue weighted by molar-refractivity contribution is -0.134. The van der Waals surface area contributed by atoms with Gasteiger partial charge in [-0.3, -0.25) is 0 Å². The minimum Gasteiger partial charge on any atom is -0.493 e. The molecule has 1 aromatic heterocycles. The van der Waals surface area contributed by atoms with Crippen LogP contribution in [0.15, 0.2) is 71.4 Å². The van der Waals surface area contributed by atoms with Gasteiger partial charge in [0, 0.05) is 11.6 Å². The standard InChI is InChI=1S/C23H20O7/c1-26-20-14-16(9-11-21(24)27-2)8-10-19(20)30-23(25)22-17(12-13-28-22)15-29-18-6-4-3-5-7-18/h3-14H,15H2,1-2H3/b11-9+. The van der Waals surface area contributed by atoms with E-state index in [1.807, 2.05) is 30.3 Å². The van der Waals surface area contributed by atoms with Crippen molar-refractivity contribution < 1.29 is 33.0 Å². The third-order valence-electron chi connectivity index (χ3n) is 4.07. The van der Waals surface area contributed by atoms with Crippen molar-refractivity contribution in [2.24, 2.45) is 0 Å². The van der Waals surface area contributed by atoms with Crippen molar-refractivity contribution in [1.29, 1.82) is 0 Å². The maximum absolute atomic E-state index is 12.6. The van der Waals surface area contributed by atoms with E-state index in [0.29, 0.717) is 22.6 Å². The molecule has 3 aromatic rings. The Bertz CT molecular complexity index is 1030. The first kappa shape index (κ1) is 20.7. The van der Waals surface area contributed by atoms with Gasteiger partial charge in [0.25, 0.3) is 0 Å². The van der Waals surface area contributed by atoms with Gasteiger partial charge in [-0.25, -0.2) is 9.59 Å². The first-order chi connectivity index (χ1) is 14.6. The van der Waals surface area contributed by atoms with Gasteiger partial charge in [0.15, 0.2) is 11.5 Å². The molecule has 154 valence electrons. The Morgan fingerprint density at radius 2 is 1.80 bits per heavy atom. The van der Waals surface area contributed by atoms with Gasteiger partial charge in [-0.1, -0.05) is 24.3 Å². The summed E-state index contributed by atoms with van der Waals surface area (Å²) in [6.45, 7) is 0.152. The number of methoxy groups -OCH3 is 2. The van der Waals surface area contributed by atoms with Crippen molar-refractivity contribution >= 4 is 18.0 Å². The van der Waals surface area contributed by atoms with Crippen LogP contribution in [0.1, 0.15) is 21.7 Å². The van der Waals surface area contributed by atoms with Crippen LogP contribution < -0.4 is 14.2 Å². The normalized spacial score (nSPS) is 10.6. The van der Waals surface area contributed by atoms with E-state index < -0.39 is 11.9 Å². The molecule has 0 unspecified atom stereocenters. The predicted octanol–water partition coefficient (Wildman–Crippen LogP) is 4.27. The van der Waals surface area contributed by atoms with Crippen LogP contribution in [0, 0.1) is 0 Å². The Morgan fingerprint density at radius 1 is 1.00 bits per heavy atom. The minimum atomic E-state index is -0.678. The molecule has 0 aliphatic heterocycles. The van der Waals surface area contributed by atoms with Crippen molar-refractivity contribution in [1.82, 2.24) is 0 Å².